The Morgan fingerprint density at radius 3 is 2.77 bits per heavy atom. The van der Waals surface area contributed by atoms with Crippen LogP contribution in [0, 0.1) is 0 Å². The number of hydrazine groups is 1. The summed E-state index contributed by atoms with van der Waals surface area (Å²) in [6, 6.07) is 10.4. The Kier molecular flexibility index (Phi) is 3.72. The van der Waals surface area contributed by atoms with E-state index < -0.39 is 5.72 Å². The van der Waals surface area contributed by atoms with Gasteiger partial charge in [0.2, 0.25) is 0 Å². The quantitative estimate of drug-likeness (QED) is 0.864. The highest BCUT2D eigenvalue weighted by Gasteiger charge is 2.46. The third-order valence-corrected chi connectivity index (χ3v) is 4.01. The molecule has 1 saturated heterocycles. The van der Waals surface area contributed by atoms with Crippen LogP contribution >= 0.6 is 15.9 Å². The Bertz CT molecular complexity index is 735. The van der Waals surface area contributed by atoms with E-state index in [0.29, 0.717) is 16.8 Å². The molecule has 5 nitrogen and oxygen atoms in total. The number of carbonyl (C=O) groups excluding carboxylic acids is 1. The van der Waals surface area contributed by atoms with Crippen molar-refractivity contribution in [1.82, 2.24) is 15.4 Å². The third kappa shape index (κ3) is 2.51. The lowest BCUT2D eigenvalue weighted by atomic mass is 9.99. The topological polar surface area (TPSA) is 65.5 Å². The second kappa shape index (κ2) is 5.55. The largest absolute Gasteiger partial charge is 0.365 e. The van der Waals surface area contributed by atoms with Crippen LogP contribution in [0.3, 0.4) is 0 Å². The standard InChI is InChI=1S/C16H14BrN3O2/c1-11-10-16(22,13-5-7-18-8-6-13)20(19-11)15(21)12-3-2-4-14(17)9-12/h2-9,19,22H,1,10H2. The number of aromatic nitrogens is 1. The first kappa shape index (κ1) is 14.7. The summed E-state index contributed by atoms with van der Waals surface area (Å²) in [5.41, 5.74) is 2.99. The number of aliphatic hydroxyl groups is 1. The summed E-state index contributed by atoms with van der Waals surface area (Å²) < 4.78 is 0.795. The molecule has 0 radical (unpaired) electrons. The molecule has 6 heteroatoms. The van der Waals surface area contributed by atoms with E-state index in [-0.39, 0.29) is 12.3 Å². The van der Waals surface area contributed by atoms with Crippen molar-refractivity contribution in [2.75, 3.05) is 0 Å². The Balaban J connectivity index is 2.01. The van der Waals surface area contributed by atoms with Crippen LogP contribution in [0.25, 0.3) is 0 Å². The molecule has 0 aliphatic carbocycles. The fourth-order valence-corrected chi connectivity index (χ4v) is 2.89. The number of nitrogens with one attached hydrogen (secondary N) is 1. The van der Waals surface area contributed by atoms with E-state index in [2.05, 4.69) is 32.9 Å². The normalized spacial score (nSPS) is 20.8. The van der Waals surface area contributed by atoms with Gasteiger partial charge in [0.05, 0.1) is 0 Å². The van der Waals surface area contributed by atoms with E-state index in [1.165, 1.54) is 5.01 Å². The van der Waals surface area contributed by atoms with Gasteiger partial charge in [-0.15, -0.1) is 0 Å². The van der Waals surface area contributed by atoms with Crippen LogP contribution in [0.15, 0.2) is 65.5 Å². The molecule has 22 heavy (non-hydrogen) atoms. The fourth-order valence-electron chi connectivity index (χ4n) is 2.49. The molecule has 0 bridgehead atoms. The number of carbonyl (C=O) groups is 1. The maximum atomic E-state index is 12.8. The van der Waals surface area contributed by atoms with Crippen molar-refractivity contribution >= 4 is 21.8 Å². The molecule has 112 valence electrons. The van der Waals surface area contributed by atoms with Gasteiger partial charge in [0.15, 0.2) is 5.72 Å². The number of hydrogen-bond acceptors (Lipinski definition) is 4. The number of halogens is 1. The summed E-state index contributed by atoms with van der Waals surface area (Å²) in [5, 5.41) is 12.3. The maximum absolute atomic E-state index is 12.8. The summed E-state index contributed by atoms with van der Waals surface area (Å²) in [6.07, 6.45) is 3.38. The van der Waals surface area contributed by atoms with Gasteiger partial charge >= 0.3 is 0 Å². The van der Waals surface area contributed by atoms with Gasteiger partial charge in [0.1, 0.15) is 0 Å². The summed E-state index contributed by atoms with van der Waals surface area (Å²) in [5.74, 6) is -0.334. The molecule has 1 unspecified atom stereocenters. The number of pyridine rings is 1. The first-order chi connectivity index (χ1) is 10.5. The summed E-state index contributed by atoms with van der Waals surface area (Å²) in [4.78, 5) is 16.7. The van der Waals surface area contributed by atoms with Crippen molar-refractivity contribution in [1.29, 1.82) is 0 Å². The van der Waals surface area contributed by atoms with Crippen LogP contribution in [-0.2, 0) is 5.72 Å². The van der Waals surface area contributed by atoms with E-state index in [9.17, 15) is 9.90 Å². The average molecular weight is 360 g/mol. The molecule has 1 aromatic heterocycles. The summed E-state index contributed by atoms with van der Waals surface area (Å²) in [6.45, 7) is 3.83. The lowest BCUT2D eigenvalue weighted by Crippen LogP contribution is -2.49. The molecule has 1 atom stereocenters. The van der Waals surface area contributed by atoms with Crippen LogP contribution in [-0.4, -0.2) is 21.0 Å². The van der Waals surface area contributed by atoms with Crippen LogP contribution in [0.4, 0.5) is 0 Å². The monoisotopic (exact) mass is 359 g/mol. The van der Waals surface area contributed by atoms with Gasteiger partial charge in [-0.3, -0.25) is 15.2 Å². The Morgan fingerprint density at radius 1 is 1.36 bits per heavy atom. The number of benzene rings is 1. The molecule has 1 aliphatic rings. The molecule has 1 aromatic carbocycles. The molecule has 0 spiro atoms. The zero-order valence-corrected chi connectivity index (χ0v) is 13.2. The van der Waals surface area contributed by atoms with Crippen molar-refractivity contribution in [2.24, 2.45) is 0 Å². The first-order valence-electron chi connectivity index (χ1n) is 6.68. The predicted octanol–water partition coefficient (Wildman–Crippen LogP) is 2.55. The summed E-state index contributed by atoms with van der Waals surface area (Å²) >= 11 is 3.34. The van der Waals surface area contributed by atoms with E-state index in [1.54, 1.807) is 42.7 Å². The van der Waals surface area contributed by atoms with Gasteiger partial charge in [-0.25, -0.2) is 5.01 Å². The van der Waals surface area contributed by atoms with Crippen molar-refractivity contribution in [2.45, 2.75) is 12.1 Å². The van der Waals surface area contributed by atoms with Crippen LogP contribution in [0.1, 0.15) is 22.3 Å². The molecule has 1 amide bonds. The van der Waals surface area contributed by atoms with E-state index in [0.717, 1.165) is 4.47 Å². The molecule has 2 heterocycles. The fraction of sp³-hybridized carbons (Fsp3) is 0.125. The van der Waals surface area contributed by atoms with Crippen LogP contribution in [0.2, 0.25) is 0 Å². The summed E-state index contributed by atoms with van der Waals surface area (Å²) in [7, 11) is 0. The van der Waals surface area contributed by atoms with E-state index in [1.807, 2.05) is 6.07 Å². The third-order valence-electron chi connectivity index (χ3n) is 3.52. The number of rotatable bonds is 2. The smallest absolute Gasteiger partial charge is 0.275 e. The molecule has 2 aromatic rings. The van der Waals surface area contributed by atoms with Crippen LogP contribution < -0.4 is 5.43 Å². The zero-order valence-electron chi connectivity index (χ0n) is 11.7. The highest BCUT2D eigenvalue weighted by Crippen LogP contribution is 2.36. The average Bonchev–Trinajstić information content (AvgIpc) is 2.83. The molecular weight excluding hydrogens is 346 g/mol. The molecule has 2 N–H and O–H groups in total. The molecule has 0 saturated carbocycles. The number of nitrogens with zero attached hydrogens (tertiary/aromatic N) is 2. The molecule has 1 aliphatic heterocycles. The minimum Gasteiger partial charge on any atom is -0.365 e. The Morgan fingerprint density at radius 2 is 2.09 bits per heavy atom. The second-order valence-electron chi connectivity index (χ2n) is 5.10. The van der Waals surface area contributed by atoms with Gasteiger partial charge in [0.25, 0.3) is 5.91 Å². The van der Waals surface area contributed by atoms with Gasteiger partial charge in [-0.05, 0) is 30.3 Å². The molecule has 3 rings (SSSR count). The minimum absolute atomic E-state index is 0.219. The van der Waals surface area contributed by atoms with Crippen LogP contribution in [0.5, 0.6) is 0 Å². The second-order valence-corrected chi connectivity index (χ2v) is 6.01. The van der Waals surface area contributed by atoms with Crippen molar-refractivity contribution in [3.8, 4) is 0 Å². The van der Waals surface area contributed by atoms with E-state index >= 15 is 0 Å². The van der Waals surface area contributed by atoms with Crippen molar-refractivity contribution in [3.63, 3.8) is 0 Å². The van der Waals surface area contributed by atoms with Gasteiger partial charge < -0.3 is 5.11 Å². The highest BCUT2D eigenvalue weighted by atomic mass is 79.9. The maximum Gasteiger partial charge on any atom is 0.275 e. The number of hydrogen-bond donors (Lipinski definition) is 2. The van der Waals surface area contributed by atoms with Crippen molar-refractivity contribution < 1.29 is 9.90 Å². The first-order valence-corrected chi connectivity index (χ1v) is 7.47. The Labute approximate surface area is 136 Å². The van der Waals surface area contributed by atoms with Gasteiger partial charge in [0, 0.05) is 40.1 Å². The van der Waals surface area contributed by atoms with Gasteiger partial charge in [-0.2, -0.15) is 0 Å². The lowest BCUT2D eigenvalue weighted by Gasteiger charge is -2.32. The number of amides is 1. The lowest BCUT2D eigenvalue weighted by molar-refractivity contribution is -0.0836. The van der Waals surface area contributed by atoms with E-state index in [4.69, 9.17) is 0 Å². The highest BCUT2D eigenvalue weighted by molar-refractivity contribution is 9.10. The minimum atomic E-state index is -1.49. The zero-order chi connectivity index (χ0) is 15.7. The van der Waals surface area contributed by atoms with Gasteiger partial charge in [-0.1, -0.05) is 28.6 Å². The van der Waals surface area contributed by atoms with Crippen molar-refractivity contribution in [3.05, 3.63) is 76.7 Å². The molecule has 1 fully saturated rings. The predicted molar refractivity (Wildman–Crippen MR) is 85.3 cm³/mol. The Hall–Kier alpha value is -2.18. The SMILES string of the molecule is C=C1CC(O)(c2ccncc2)N(C(=O)c2cccc(Br)c2)N1. The molecular formula is C16H14BrN3O2.